The summed E-state index contributed by atoms with van der Waals surface area (Å²) in [5.41, 5.74) is 0. The van der Waals surface area contributed by atoms with Crippen molar-refractivity contribution in [2.45, 2.75) is 45.2 Å². The minimum Gasteiger partial charge on any atom is -0.350 e. The number of hydrogen-bond donors (Lipinski definition) is 2. The van der Waals surface area contributed by atoms with E-state index in [1.807, 2.05) is 13.8 Å². The van der Waals surface area contributed by atoms with Crippen molar-refractivity contribution in [1.29, 1.82) is 0 Å². The predicted molar refractivity (Wildman–Crippen MR) is 76.4 cm³/mol. The molecule has 1 fully saturated rings. The third-order valence-corrected chi connectivity index (χ3v) is 3.64. The van der Waals surface area contributed by atoms with Gasteiger partial charge in [-0.25, -0.2) is 0 Å². The molecule has 4 unspecified atom stereocenters. The fourth-order valence-electron chi connectivity index (χ4n) is 2.37. The first-order valence-corrected chi connectivity index (χ1v) is 6.85. The van der Waals surface area contributed by atoms with Gasteiger partial charge < -0.3 is 10.6 Å². The lowest BCUT2D eigenvalue weighted by molar-refractivity contribution is -0.134. The van der Waals surface area contributed by atoms with Gasteiger partial charge in [-0.15, -0.1) is 13.2 Å². The van der Waals surface area contributed by atoms with E-state index >= 15 is 0 Å². The molecule has 2 N–H and O–H groups in total. The second-order valence-electron chi connectivity index (χ2n) is 5.21. The summed E-state index contributed by atoms with van der Waals surface area (Å²) in [5.74, 6) is -0.536. The summed E-state index contributed by atoms with van der Waals surface area (Å²) in [6.45, 7) is 11.0. The summed E-state index contributed by atoms with van der Waals surface area (Å²) in [7, 11) is 0. The number of carbonyl (C=O) groups excluding carboxylic acids is 2. The Bertz CT molecular complexity index is 331. The number of hydrogen-bond acceptors (Lipinski definition) is 2. The van der Waals surface area contributed by atoms with Crippen molar-refractivity contribution in [3.63, 3.8) is 0 Å². The zero-order chi connectivity index (χ0) is 14.4. The van der Waals surface area contributed by atoms with E-state index in [1.165, 1.54) is 0 Å². The second kappa shape index (κ2) is 7.12. The maximum absolute atomic E-state index is 12.1. The Kier molecular flexibility index (Phi) is 5.80. The first-order chi connectivity index (χ1) is 8.99. The van der Waals surface area contributed by atoms with Crippen molar-refractivity contribution in [3.8, 4) is 0 Å². The van der Waals surface area contributed by atoms with Crippen LogP contribution in [0.15, 0.2) is 25.3 Å². The van der Waals surface area contributed by atoms with Crippen LogP contribution in [0.5, 0.6) is 0 Å². The summed E-state index contributed by atoms with van der Waals surface area (Å²) in [5, 5.41) is 5.73. The lowest BCUT2D eigenvalue weighted by atomic mass is 9.93. The van der Waals surface area contributed by atoms with Crippen LogP contribution in [0.3, 0.4) is 0 Å². The number of nitrogens with one attached hydrogen (secondary N) is 2. The third-order valence-electron chi connectivity index (χ3n) is 3.64. The molecule has 0 bridgehead atoms. The molecule has 0 aliphatic heterocycles. The SMILES string of the molecule is C=CC(C)NC(=O)C1CCCC1C(=O)NC(C)C=C. The van der Waals surface area contributed by atoms with Crippen LogP contribution < -0.4 is 10.6 Å². The van der Waals surface area contributed by atoms with Crippen LogP contribution in [-0.2, 0) is 9.59 Å². The second-order valence-corrected chi connectivity index (χ2v) is 5.21. The maximum atomic E-state index is 12.1. The standard InChI is InChI=1S/C15H24N2O2/c1-5-10(3)16-14(18)12-8-7-9-13(12)15(19)17-11(4)6-2/h5-6,10-13H,1-2,7-9H2,3-4H3,(H,16,18)(H,17,19). The Labute approximate surface area is 115 Å². The molecule has 0 aromatic heterocycles. The van der Waals surface area contributed by atoms with E-state index < -0.39 is 0 Å². The van der Waals surface area contributed by atoms with Crippen LogP contribution in [0, 0.1) is 11.8 Å². The minimum absolute atomic E-state index is 0.0451. The molecule has 4 nitrogen and oxygen atoms in total. The third kappa shape index (κ3) is 4.23. The van der Waals surface area contributed by atoms with Crippen LogP contribution >= 0.6 is 0 Å². The monoisotopic (exact) mass is 264 g/mol. The fraction of sp³-hybridized carbons (Fsp3) is 0.600. The van der Waals surface area contributed by atoms with Gasteiger partial charge in [0.2, 0.25) is 11.8 Å². The van der Waals surface area contributed by atoms with Gasteiger partial charge in [0.15, 0.2) is 0 Å². The normalized spacial score (nSPS) is 25.2. The van der Waals surface area contributed by atoms with E-state index in [1.54, 1.807) is 12.2 Å². The topological polar surface area (TPSA) is 58.2 Å². The number of rotatable bonds is 6. The van der Waals surface area contributed by atoms with Gasteiger partial charge in [-0.3, -0.25) is 9.59 Å². The average Bonchev–Trinajstić information content (AvgIpc) is 2.87. The highest BCUT2D eigenvalue weighted by atomic mass is 16.2. The molecule has 0 aromatic carbocycles. The van der Waals surface area contributed by atoms with E-state index in [9.17, 15) is 9.59 Å². The first kappa shape index (κ1) is 15.5. The summed E-state index contributed by atoms with van der Waals surface area (Å²) in [4.78, 5) is 24.3. The van der Waals surface area contributed by atoms with Crippen LogP contribution in [-0.4, -0.2) is 23.9 Å². The molecule has 4 atom stereocenters. The molecule has 1 aliphatic carbocycles. The Morgan fingerprint density at radius 3 is 1.68 bits per heavy atom. The Balaban J connectivity index is 2.62. The molecule has 0 aromatic rings. The van der Waals surface area contributed by atoms with Gasteiger partial charge in [-0.1, -0.05) is 18.6 Å². The molecule has 0 spiro atoms. The molecule has 0 saturated heterocycles. The zero-order valence-corrected chi connectivity index (χ0v) is 11.8. The Morgan fingerprint density at radius 1 is 1.00 bits per heavy atom. The van der Waals surface area contributed by atoms with Crippen LogP contribution in [0.2, 0.25) is 0 Å². The van der Waals surface area contributed by atoms with Crippen LogP contribution in [0.25, 0.3) is 0 Å². The van der Waals surface area contributed by atoms with Crippen LogP contribution in [0.4, 0.5) is 0 Å². The van der Waals surface area contributed by atoms with Crippen molar-refractivity contribution in [3.05, 3.63) is 25.3 Å². The van der Waals surface area contributed by atoms with E-state index in [2.05, 4.69) is 23.8 Å². The Morgan fingerprint density at radius 2 is 1.37 bits per heavy atom. The molecule has 0 radical (unpaired) electrons. The molecule has 4 heteroatoms. The van der Waals surface area contributed by atoms with Gasteiger partial charge in [0.05, 0.1) is 0 Å². The van der Waals surface area contributed by atoms with E-state index in [4.69, 9.17) is 0 Å². The number of amides is 2. The highest BCUT2D eigenvalue weighted by Gasteiger charge is 2.37. The van der Waals surface area contributed by atoms with Gasteiger partial charge in [0.25, 0.3) is 0 Å². The van der Waals surface area contributed by atoms with Gasteiger partial charge in [0.1, 0.15) is 0 Å². The van der Waals surface area contributed by atoms with Gasteiger partial charge >= 0.3 is 0 Å². The molecule has 0 heterocycles. The lowest BCUT2D eigenvalue weighted by Gasteiger charge is -2.21. The molecular formula is C15H24N2O2. The van der Waals surface area contributed by atoms with Crippen molar-refractivity contribution in [1.82, 2.24) is 10.6 Å². The van der Waals surface area contributed by atoms with Gasteiger partial charge in [-0.2, -0.15) is 0 Å². The van der Waals surface area contributed by atoms with Crippen molar-refractivity contribution in [2.75, 3.05) is 0 Å². The molecular weight excluding hydrogens is 240 g/mol. The molecule has 1 aliphatic rings. The highest BCUT2D eigenvalue weighted by molar-refractivity contribution is 5.88. The molecule has 1 rings (SSSR count). The van der Waals surface area contributed by atoms with Gasteiger partial charge in [-0.05, 0) is 26.7 Å². The Hall–Kier alpha value is -1.58. The average molecular weight is 264 g/mol. The van der Waals surface area contributed by atoms with E-state index in [0.717, 1.165) is 19.3 Å². The smallest absolute Gasteiger partial charge is 0.224 e. The van der Waals surface area contributed by atoms with Crippen molar-refractivity contribution < 1.29 is 9.59 Å². The molecule has 1 saturated carbocycles. The summed E-state index contributed by atoms with van der Waals surface area (Å²) in [6, 6.07) is -0.132. The van der Waals surface area contributed by atoms with E-state index in [0.29, 0.717) is 0 Å². The summed E-state index contributed by atoms with van der Waals surface area (Å²) < 4.78 is 0. The molecule has 19 heavy (non-hydrogen) atoms. The largest absolute Gasteiger partial charge is 0.350 e. The van der Waals surface area contributed by atoms with Crippen molar-refractivity contribution in [2.24, 2.45) is 11.8 Å². The fourth-order valence-corrected chi connectivity index (χ4v) is 2.37. The first-order valence-electron chi connectivity index (χ1n) is 6.85. The summed E-state index contributed by atoms with van der Waals surface area (Å²) >= 11 is 0. The molecule has 106 valence electrons. The highest BCUT2D eigenvalue weighted by Crippen LogP contribution is 2.32. The molecule has 2 amide bonds. The predicted octanol–water partition coefficient (Wildman–Crippen LogP) is 1.78. The van der Waals surface area contributed by atoms with Gasteiger partial charge in [0, 0.05) is 23.9 Å². The lowest BCUT2D eigenvalue weighted by Crippen LogP contribution is -2.43. The minimum atomic E-state index is -0.223. The maximum Gasteiger partial charge on any atom is 0.224 e. The van der Waals surface area contributed by atoms with Crippen molar-refractivity contribution >= 4 is 11.8 Å². The van der Waals surface area contributed by atoms with Crippen LogP contribution in [0.1, 0.15) is 33.1 Å². The number of carbonyl (C=O) groups is 2. The quantitative estimate of drug-likeness (QED) is 0.719. The zero-order valence-electron chi connectivity index (χ0n) is 11.8. The van der Waals surface area contributed by atoms with E-state index in [-0.39, 0.29) is 35.7 Å². The summed E-state index contributed by atoms with van der Waals surface area (Å²) in [6.07, 6.45) is 5.83.